The number of hydrogen-bond donors (Lipinski definition) is 1. The monoisotopic (exact) mass is 291 g/mol. The van der Waals surface area contributed by atoms with Gasteiger partial charge in [0.25, 0.3) is 0 Å². The van der Waals surface area contributed by atoms with E-state index in [0.717, 1.165) is 5.56 Å². The van der Waals surface area contributed by atoms with Gasteiger partial charge in [-0.2, -0.15) is 0 Å². The predicted molar refractivity (Wildman–Crippen MR) is 78.0 cm³/mol. The Labute approximate surface area is 122 Å². The molecule has 0 amide bonds. The molecule has 0 unspecified atom stereocenters. The molecule has 0 aliphatic heterocycles. The molecule has 0 saturated heterocycles. The van der Waals surface area contributed by atoms with Gasteiger partial charge in [0.05, 0.1) is 12.7 Å². The molecular formula is C15H14ClNO3. The third-order valence-electron chi connectivity index (χ3n) is 2.71. The van der Waals surface area contributed by atoms with Crippen LogP contribution in [0.2, 0.25) is 5.02 Å². The summed E-state index contributed by atoms with van der Waals surface area (Å²) in [7, 11) is 1.57. The maximum Gasteiger partial charge on any atom is 0.338 e. The third-order valence-corrected chi connectivity index (χ3v) is 2.93. The fourth-order valence-electron chi connectivity index (χ4n) is 1.78. The summed E-state index contributed by atoms with van der Waals surface area (Å²) in [5.41, 5.74) is 7.17. The zero-order chi connectivity index (χ0) is 14.5. The molecule has 104 valence electrons. The van der Waals surface area contributed by atoms with Crippen LogP contribution in [0.1, 0.15) is 15.9 Å². The Morgan fingerprint density at radius 3 is 2.70 bits per heavy atom. The Morgan fingerprint density at radius 2 is 2.00 bits per heavy atom. The summed E-state index contributed by atoms with van der Waals surface area (Å²) in [5, 5.41) is 0.397. The van der Waals surface area contributed by atoms with Gasteiger partial charge in [-0.1, -0.05) is 29.8 Å². The number of esters is 1. The summed E-state index contributed by atoms with van der Waals surface area (Å²) < 4.78 is 10.4. The smallest absolute Gasteiger partial charge is 0.338 e. The molecule has 0 atom stereocenters. The summed E-state index contributed by atoms with van der Waals surface area (Å²) >= 11 is 5.85. The van der Waals surface area contributed by atoms with Gasteiger partial charge in [-0.25, -0.2) is 4.79 Å². The van der Waals surface area contributed by atoms with Crippen molar-refractivity contribution in [3.63, 3.8) is 0 Å². The molecule has 0 spiro atoms. The van der Waals surface area contributed by atoms with Crippen molar-refractivity contribution in [1.29, 1.82) is 0 Å². The highest BCUT2D eigenvalue weighted by molar-refractivity contribution is 6.31. The number of benzene rings is 2. The normalized spacial score (nSPS) is 10.1. The molecule has 0 bridgehead atoms. The lowest BCUT2D eigenvalue weighted by atomic mass is 10.2. The molecule has 0 radical (unpaired) electrons. The second kappa shape index (κ2) is 6.30. The summed E-state index contributed by atoms with van der Waals surface area (Å²) in [6.07, 6.45) is 0. The average Bonchev–Trinajstić information content (AvgIpc) is 2.44. The standard InChI is InChI=1S/C15H14ClNO3/c1-19-14-5-3-2-4-10(14)9-20-15(18)11-6-12(16)8-13(17)7-11/h2-8H,9,17H2,1H3. The van der Waals surface area contributed by atoms with Crippen molar-refractivity contribution in [2.75, 3.05) is 12.8 Å². The van der Waals surface area contributed by atoms with E-state index in [-0.39, 0.29) is 6.61 Å². The lowest BCUT2D eigenvalue weighted by Gasteiger charge is -2.09. The molecule has 0 saturated carbocycles. The van der Waals surface area contributed by atoms with Gasteiger partial charge < -0.3 is 15.2 Å². The minimum absolute atomic E-state index is 0.120. The lowest BCUT2D eigenvalue weighted by Crippen LogP contribution is -2.06. The first-order valence-corrected chi connectivity index (χ1v) is 6.33. The van der Waals surface area contributed by atoms with Crippen LogP contribution in [0.4, 0.5) is 5.69 Å². The van der Waals surface area contributed by atoms with E-state index in [1.54, 1.807) is 19.2 Å². The SMILES string of the molecule is COc1ccccc1COC(=O)c1cc(N)cc(Cl)c1. The van der Waals surface area contributed by atoms with Crippen LogP contribution >= 0.6 is 11.6 Å². The third kappa shape index (κ3) is 3.42. The molecule has 2 aromatic carbocycles. The average molecular weight is 292 g/mol. The van der Waals surface area contributed by atoms with Crippen LogP contribution in [-0.2, 0) is 11.3 Å². The van der Waals surface area contributed by atoms with Crippen molar-refractivity contribution < 1.29 is 14.3 Å². The number of methoxy groups -OCH3 is 1. The number of halogens is 1. The van der Waals surface area contributed by atoms with Crippen molar-refractivity contribution in [3.8, 4) is 5.75 Å². The maximum atomic E-state index is 11.9. The Balaban J connectivity index is 2.08. The maximum absolute atomic E-state index is 11.9. The lowest BCUT2D eigenvalue weighted by molar-refractivity contribution is 0.0470. The molecule has 4 nitrogen and oxygen atoms in total. The van der Waals surface area contributed by atoms with E-state index < -0.39 is 5.97 Å². The van der Waals surface area contributed by atoms with Crippen molar-refractivity contribution in [1.82, 2.24) is 0 Å². The first-order valence-electron chi connectivity index (χ1n) is 5.95. The quantitative estimate of drug-likeness (QED) is 0.693. The number of carbonyl (C=O) groups is 1. The molecule has 20 heavy (non-hydrogen) atoms. The van der Waals surface area contributed by atoms with E-state index in [1.807, 2.05) is 18.2 Å². The second-order valence-corrected chi connectivity index (χ2v) is 4.60. The highest BCUT2D eigenvalue weighted by atomic mass is 35.5. The molecule has 2 aromatic rings. The van der Waals surface area contributed by atoms with E-state index in [4.69, 9.17) is 26.8 Å². The molecular weight excluding hydrogens is 278 g/mol. The van der Waals surface area contributed by atoms with Gasteiger partial charge in [-0.15, -0.1) is 0 Å². The Kier molecular flexibility index (Phi) is 4.48. The van der Waals surface area contributed by atoms with Crippen LogP contribution < -0.4 is 10.5 Å². The number of rotatable bonds is 4. The van der Waals surface area contributed by atoms with Crippen LogP contribution in [0.15, 0.2) is 42.5 Å². The molecule has 0 aliphatic carbocycles. The van der Waals surface area contributed by atoms with Crippen LogP contribution in [0.5, 0.6) is 5.75 Å². The van der Waals surface area contributed by atoms with E-state index in [2.05, 4.69) is 0 Å². The molecule has 2 N–H and O–H groups in total. The minimum atomic E-state index is -0.481. The largest absolute Gasteiger partial charge is 0.496 e. The fraction of sp³-hybridized carbons (Fsp3) is 0.133. The Morgan fingerprint density at radius 1 is 1.25 bits per heavy atom. The predicted octanol–water partition coefficient (Wildman–Crippen LogP) is 3.29. The van der Waals surface area contributed by atoms with Crippen LogP contribution in [0, 0.1) is 0 Å². The van der Waals surface area contributed by atoms with E-state index >= 15 is 0 Å². The van der Waals surface area contributed by atoms with Gasteiger partial charge in [-0.05, 0) is 24.3 Å². The zero-order valence-corrected chi connectivity index (χ0v) is 11.7. The first kappa shape index (κ1) is 14.2. The minimum Gasteiger partial charge on any atom is -0.496 e. The number of nitrogens with two attached hydrogens (primary N) is 1. The molecule has 0 heterocycles. The van der Waals surface area contributed by atoms with Gasteiger partial charge in [0.15, 0.2) is 0 Å². The van der Waals surface area contributed by atoms with Crippen LogP contribution in [0.25, 0.3) is 0 Å². The highest BCUT2D eigenvalue weighted by Crippen LogP contribution is 2.20. The number of hydrogen-bond acceptors (Lipinski definition) is 4. The van der Waals surface area contributed by atoms with Gasteiger partial charge in [0, 0.05) is 16.3 Å². The number of nitrogen functional groups attached to an aromatic ring is 1. The number of carbonyl (C=O) groups excluding carboxylic acids is 1. The fourth-order valence-corrected chi connectivity index (χ4v) is 2.02. The Hall–Kier alpha value is -2.20. The Bertz CT molecular complexity index is 608. The van der Waals surface area contributed by atoms with Gasteiger partial charge >= 0.3 is 5.97 Å². The van der Waals surface area contributed by atoms with Gasteiger partial charge in [0.1, 0.15) is 12.4 Å². The number of anilines is 1. The van der Waals surface area contributed by atoms with Crippen LogP contribution in [-0.4, -0.2) is 13.1 Å². The molecule has 0 fully saturated rings. The summed E-state index contributed by atoms with van der Waals surface area (Å²) in [6, 6.07) is 11.9. The molecule has 2 rings (SSSR count). The van der Waals surface area contributed by atoms with E-state index in [1.165, 1.54) is 12.1 Å². The second-order valence-electron chi connectivity index (χ2n) is 4.16. The van der Waals surface area contributed by atoms with Gasteiger partial charge in [-0.3, -0.25) is 0 Å². The van der Waals surface area contributed by atoms with Crippen LogP contribution in [0.3, 0.4) is 0 Å². The molecule has 5 heteroatoms. The number of ether oxygens (including phenoxy) is 2. The summed E-state index contributed by atoms with van der Waals surface area (Å²) in [4.78, 5) is 11.9. The van der Waals surface area contributed by atoms with Crippen molar-refractivity contribution >= 4 is 23.3 Å². The first-order chi connectivity index (χ1) is 9.60. The van der Waals surface area contributed by atoms with Crippen molar-refractivity contribution in [3.05, 3.63) is 58.6 Å². The molecule has 0 aromatic heterocycles. The highest BCUT2D eigenvalue weighted by Gasteiger charge is 2.11. The topological polar surface area (TPSA) is 61.5 Å². The van der Waals surface area contributed by atoms with Crippen molar-refractivity contribution in [2.45, 2.75) is 6.61 Å². The summed E-state index contributed by atoms with van der Waals surface area (Å²) in [5.74, 6) is 0.191. The molecule has 0 aliphatic rings. The van der Waals surface area contributed by atoms with E-state index in [0.29, 0.717) is 22.0 Å². The van der Waals surface area contributed by atoms with Crippen molar-refractivity contribution in [2.24, 2.45) is 0 Å². The van der Waals surface area contributed by atoms with Gasteiger partial charge in [0.2, 0.25) is 0 Å². The summed E-state index contributed by atoms with van der Waals surface area (Å²) in [6.45, 7) is 0.120. The zero-order valence-electron chi connectivity index (χ0n) is 10.9. The number of para-hydroxylation sites is 1. The van der Waals surface area contributed by atoms with E-state index in [9.17, 15) is 4.79 Å².